The van der Waals surface area contributed by atoms with E-state index in [0.29, 0.717) is 6.54 Å². The Labute approximate surface area is 101 Å². The lowest BCUT2D eigenvalue weighted by Gasteiger charge is -2.03. The fraction of sp³-hybridized carbons (Fsp3) is 0.167. The molecule has 0 saturated heterocycles. The average Bonchev–Trinajstić information content (AvgIpc) is 2.66. The summed E-state index contributed by atoms with van der Waals surface area (Å²) in [5.41, 5.74) is 1.74. The number of Topliss-reactive ketones (excluding diaryl/α,β-unsaturated/α-hetero) is 1. The summed E-state index contributed by atoms with van der Waals surface area (Å²) in [6.45, 7) is 2.29. The van der Waals surface area contributed by atoms with Crippen LogP contribution in [0.15, 0.2) is 42.9 Å². The van der Waals surface area contributed by atoms with Crippen molar-refractivity contribution in [2.45, 2.75) is 13.5 Å². The quantitative estimate of drug-likeness (QED) is 0.768. The molecule has 0 saturated carbocycles. The van der Waals surface area contributed by atoms with Crippen LogP contribution in [0.25, 0.3) is 0 Å². The zero-order chi connectivity index (χ0) is 10.7. The van der Waals surface area contributed by atoms with Crippen molar-refractivity contribution in [3.63, 3.8) is 0 Å². The molecule has 0 aliphatic carbocycles. The lowest BCUT2D eigenvalue weighted by molar-refractivity contribution is 0.0971. The Morgan fingerprint density at radius 3 is 2.56 bits per heavy atom. The SMILES string of the molecule is Cc1cncn1CC(=O)c1ccccc1.Cl. The van der Waals surface area contributed by atoms with Crippen LogP contribution in [0.1, 0.15) is 16.1 Å². The molecule has 0 radical (unpaired) electrons. The molecule has 16 heavy (non-hydrogen) atoms. The molecule has 0 N–H and O–H groups in total. The zero-order valence-electron chi connectivity index (χ0n) is 8.96. The number of ketones is 1. The van der Waals surface area contributed by atoms with Crippen LogP contribution in [0.3, 0.4) is 0 Å². The van der Waals surface area contributed by atoms with Crippen molar-refractivity contribution in [2.24, 2.45) is 0 Å². The number of carbonyl (C=O) groups is 1. The molecule has 1 aromatic carbocycles. The summed E-state index contributed by atoms with van der Waals surface area (Å²) >= 11 is 0. The van der Waals surface area contributed by atoms with Gasteiger partial charge in [0.25, 0.3) is 0 Å². The number of aryl methyl sites for hydroxylation is 1. The maximum atomic E-state index is 11.8. The van der Waals surface area contributed by atoms with Gasteiger partial charge >= 0.3 is 0 Å². The topological polar surface area (TPSA) is 34.9 Å². The molecular weight excluding hydrogens is 224 g/mol. The van der Waals surface area contributed by atoms with Crippen molar-refractivity contribution in [1.29, 1.82) is 0 Å². The summed E-state index contributed by atoms with van der Waals surface area (Å²) in [7, 11) is 0. The number of hydrogen-bond acceptors (Lipinski definition) is 2. The van der Waals surface area contributed by atoms with E-state index in [-0.39, 0.29) is 18.2 Å². The van der Waals surface area contributed by atoms with Gasteiger partial charge in [-0.25, -0.2) is 4.98 Å². The standard InChI is InChI=1S/C12H12N2O.ClH/c1-10-7-13-9-14(10)8-12(15)11-5-3-2-4-6-11;/h2-7,9H,8H2,1H3;1H. The smallest absolute Gasteiger partial charge is 0.182 e. The number of rotatable bonds is 3. The Kier molecular flexibility index (Phi) is 4.26. The summed E-state index contributed by atoms with van der Waals surface area (Å²) in [5, 5.41) is 0. The molecule has 0 amide bonds. The molecule has 1 aromatic heterocycles. The van der Waals surface area contributed by atoms with Gasteiger partial charge in [0, 0.05) is 17.5 Å². The number of hydrogen-bond donors (Lipinski definition) is 0. The number of halogens is 1. The van der Waals surface area contributed by atoms with Gasteiger partial charge < -0.3 is 4.57 Å². The van der Waals surface area contributed by atoms with Gasteiger partial charge in [-0.15, -0.1) is 12.4 Å². The highest BCUT2D eigenvalue weighted by molar-refractivity contribution is 5.95. The first-order valence-corrected chi connectivity index (χ1v) is 4.82. The monoisotopic (exact) mass is 236 g/mol. The van der Waals surface area contributed by atoms with Gasteiger partial charge in [-0.05, 0) is 6.92 Å². The van der Waals surface area contributed by atoms with E-state index in [1.54, 1.807) is 12.5 Å². The molecule has 0 atom stereocenters. The van der Waals surface area contributed by atoms with Crippen molar-refractivity contribution in [3.8, 4) is 0 Å². The second kappa shape index (κ2) is 5.47. The van der Waals surface area contributed by atoms with Gasteiger partial charge in [0.1, 0.15) is 0 Å². The third kappa shape index (κ3) is 2.70. The van der Waals surface area contributed by atoms with Crippen LogP contribution >= 0.6 is 12.4 Å². The van der Waals surface area contributed by atoms with E-state index in [0.717, 1.165) is 11.3 Å². The molecule has 84 valence electrons. The second-order valence-electron chi connectivity index (χ2n) is 3.45. The van der Waals surface area contributed by atoms with E-state index in [2.05, 4.69) is 4.98 Å². The Hall–Kier alpha value is -1.61. The minimum absolute atomic E-state index is 0. The van der Waals surface area contributed by atoms with E-state index in [9.17, 15) is 4.79 Å². The number of carbonyl (C=O) groups excluding carboxylic acids is 1. The predicted octanol–water partition coefficient (Wildman–Crippen LogP) is 2.50. The molecular formula is C12H13ClN2O. The van der Waals surface area contributed by atoms with Crippen LogP contribution in [0.4, 0.5) is 0 Å². The van der Waals surface area contributed by atoms with E-state index >= 15 is 0 Å². The summed E-state index contributed by atoms with van der Waals surface area (Å²) in [5.74, 6) is 0.108. The molecule has 1 heterocycles. The second-order valence-corrected chi connectivity index (χ2v) is 3.45. The lowest BCUT2D eigenvalue weighted by Crippen LogP contribution is -2.10. The Morgan fingerprint density at radius 1 is 1.31 bits per heavy atom. The molecule has 0 unspecified atom stereocenters. The molecule has 2 rings (SSSR count). The molecule has 0 fully saturated rings. The number of imidazole rings is 1. The third-order valence-corrected chi connectivity index (χ3v) is 2.33. The summed E-state index contributed by atoms with van der Waals surface area (Å²) in [6.07, 6.45) is 3.43. The van der Waals surface area contributed by atoms with E-state index < -0.39 is 0 Å². The van der Waals surface area contributed by atoms with Crippen molar-refractivity contribution < 1.29 is 4.79 Å². The highest BCUT2D eigenvalue weighted by Gasteiger charge is 2.06. The summed E-state index contributed by atoms with van der Waals surface area (Å²) in [6, 6.07) is 9.30. The molecule has 2 aromatic rings. The third-order valence-electron chi connectivity index (χ3n) is 2.33. The van der Waals surface area contributed by atoms with Crippen molar-refractivity contribution in [3.05, 3.63) is 54.1 Å². The van der Waals surface area contributed by atoms with Gasteiger partial charge in [-0.3, -0.25) is 4.79 Å². The van der Waals surface area contributed by atoms with E-state index in [1.165, 1.54) is 0 Å². The molecule has 0 aliphatic heterocycles. The Balaban J connectivity index is 0.00000128. The lowest BCUT2D eigenvalue weighted by atomic mass is 10.1. The molecule has 0 spiro atoms. The number of benzene rings is 1. The Morgan fingerprint density at radius 2 is 2.00 bits per heavy atom. The minimum atomic E-state index is 0. The molecule has 3 nitrogen and oxygen atoms in total. The van der Waals surface area contributed by atoms with Crippen LogP contribution in [0, 0.1) is 6.92 Å². The van der Waals surface area contributed by atoms with Gasteiger partial charge in [0.2, 0.25) is 0 Å². The van der Waals surface area contributed by atoms with Gasteiger partial charge in [-0.1, -0.05) is 30.3 Å². The normalized spacial score (nSPS) is 9.56. The van der Waals surface area contributed by atoms with Crippen molar-refractivity contribution in [1.82, 2.24) is 9.55 Å². The average molecular weight is 237 g/mol. The van der Waals surface area contributed by atoms with Gasteiger partial charge in [0.15, 0.2) is 5.78 Å². The Bertz CT molecular complexity index is 465. The maximum Gasteiger partial charge on any atom is 0.182 e. The van der Waals surface area contributed by atoms with Crippen LogP contribution < -0.4 is 0 Å². The highest BCUT2D eigenvalue weighted by Crippen LogP contribution is 2.04. The molecule has 0 bridgehead atoms. The van der Waals surface area contributed by atoms with Gasteiger partial charge in [-0.2, -0.15) is 0 Å². The number of aromatic nitrogens is 2. The predicted molar refractivity (Wildman–Crippen MR) is 65.0 cm³/mol. The number of nitrogens with zero attached hydrogens (tertiary/aromatic N) is 2. The largest absolute Gasteiger partial charge is 0.327 e. The van der Waals surface area contributed by atoms with Crippen molar-refractivity contribution in [2.75, 3.05) is 0 Å². The zero-order valence-corrected chi connectivity index (χ0v) is 9.78. The first-order chi connectivity index (χ1) is 7.27. The molecule has 0 aliphatic rings. The first-order valence-electron chi connectivity index (χ1n) is 4.82. The maximum absolute atomic E-state index is 11.8. The van der Waals surface area contributed by atoms with Crippen LogP contribution in [0.5, 0.6) is 0 Å². The fourth-order valence-corrected chi connectivity index (χ4v) is 1.42. The first kappa shape index (κ1) is 12.5. The van der Waals surface area contributed by atoms with Crippen molar-refractivity contribution >= 4 is 18.2 Å². The van der Waals surface area contributed by atoms with E-state index in [1.807, 2.05) is 41.8 Å². The fourth-order valence-electron chi connectivity index (χ4n) is 1.42. The highest BCUT2D eigenvalue weighted by atomic mass is 35.5. The van der Waals surface area contributed by atoms with Crippen LogP contribution in [-0.4, -0.2) is 15.3 Å². The van der Waals surface area contributed by atoms with E-state index in [4.69, 9.17) is 0 Å². The van der Waals surface area contributed by atoms with Gasteiger partial charge in [0.05, 0.1) is 12.9 Å². The van der Waals surface area contributed by atoms with Crippen LogP contribution in [0.2, 0.25) is 0 Å². The summed E-state index contributed by atoms with van der Waals surface area (Å²) in [4.78, 5) is 15.8. The summed E-state index contributed by atoms with van der Waals surface area (Å²) < 4.78 is 1.84. The molecule has 4 heteroatoms. The van der Waals surface area contributed by atoms with Crippen LogP contribution in [-0.2, 0) is 6.54 Å². The minimum Gasteiger partial charge on any atom is -0.327 e.